The van der Waals surface area contributed by atoms with Crippen LogP contribution in [0.15, 0.2) is 27.6 Å². The van der Waals surface area contributed by atoms with Crippen LogP contribution in [0.2, 0.25) is 0 Å². The number of nitrogens with one attached hydrogen (secondary N) is 2. The summed E-state index contributed by atoms with van der Waals surface area (Å²) in [6.07, 6.45) is 3.43. The molecule has 6 heteroatoms. The van der Waals surface area contributed by atoms with Crippen molar-refractivity contribution in [3.63, 3.8) is 0 Å². The van der Waals surface area contributed by atoms with E-state index in [1.807, 2.05) is 13.1 Å². The first-order valence-corrected chi connectivity index (χ1v) is 9.62. The van der Waals surface area contributed by atoms with Gasteiger partial charge in [-0.2, -0.15) is 0 Å². The Morgan fingerprint density at radius 1 is 1.33 bits per heavy atom. The lowest BCUT2D eigenvalue weighted by molar-refractivity contribution is 0.498. The summed E-state index contributed by atoms with van der Waals surface area (Å²) in [6, 6.07) is 5.43. The van der Waals surface area contributed by atoms with E-state index in [1.54, 1.807) is 12.1 Å². The molecule has 1 aromatic rings. The molecule has 4 nitrogen and oxygen atoms in total. The van der Waals surface area contributed by atoms with E-state index in [9.17, 15) is 8.42 Å². The Kier molecular flexibility index (Phi) is 5.82. The summed E-state index contributed by atoms with van der Waals surface area (Å²) in [7, 11) is -1.62. The van der Waals surface area contributed by atoms with Crippen molar-refractivity contribution in [1.29, 1.82) is 0 Å². The fourth-order valence-corrected chi connectivity index (χ4v) is 5.01. The van der Waals surface area contributed by atoms with Crippen LogP contribution in [0.4, 0.5) is 0 Å². The Labute approximate surface area is 135 Å². The van der Waals surface area contributed by atoms with E-state index in [0.29, 0.717) is 34.3 Å². The topological polar surface area (TPSA) is 58.2 Å². The van der Waals surface area contributed by atoms with Gasteiger partial charge in [-0.05, 0) is 65.4 Å². The maximum absolute atomic E-state index is 12.5. The summed E-state index contributed by atoms with van der Waals surface area (Å²) in [6.45, 7) is 3.41. The van der Waals surface area contributed by atoms with Gasteiger partial charge in [0.25, 0.3) is 0 Å². The molecular weight excluding hydrogens is 352 g/mol. The Balaban J connectivity index is 2.09. The summed E-state index contributed by atoms with van der Waals surface area (Å²) in [4.78, 5) is 0.321. The number of rotatable bonds is 6. The molecule has 0 radical (unpaired) electrons. The van der Waals surface area contributed by atoms with E-state index in [-0.39, 0.29) is 0 Å². The molecule has 1 fully saturated rings. The molecule has 2 atom stereocenters. The summed E-state index contributed by atoms with van der Waals surface area (Å²) in [5.74, 6) is 1.18. The third-order valence-corrected chi connectivity index (χ3v) is 6.45. The Morgan fingerprint density at radius 2 is 2.10 bits per heavy atom. The molecule has 0 saturated heterocycles. The summed E-state index contributed by atoms with van der Waals surface area (Å²) in [5, 5.41) is 3.03. The third-order valence-electron chi connectivity index (χ3n) is 4.03. The predicted octanol–water partition coefficient (Wildman–Crippen LogP) is 2.88. The second-order valence-electron chi connectivity index (χ2n) is 5.93. The molecule has 1 aromatic carbocycles. The van der Waals surface area contributed by atoms with E-state index in [2.05, 4.69) is 32.9 Å². The van der Waals surface area contributed by atoms with Crippen LogP contribution in [0.5, 0.6) is 0 Å². The van der Waals surface area contributed by atoms with Crippen molar-refractivity contribution in [2.45, 2.75) is 37.6 Å². The first kappa shape index (κ1) is 16.9. The van der Waals surface area contributed by atoms with Crippen LogP contribution in [-0.4, -0.2) is 22.0 Å². The summed E-state index contributed by atoms with van der Waals surface area (Å²) >= 11 is 3.34. The zero-order chi connectivity index (χ0) is 15.5. The number of halogens is 1. The number of hydrogen-bond acceptors (Lipinski definition) is 3. The molecule has 0 amide bonds. The van der Waals surface area contributed by atoms with Crippen molar-refractivity contribution in [2.75, 3.05) is 13.6 Å². The fourth-order valence-electron chi connectivity index (χ4n) is 2.88. The highest BCUT2D eigenvalue weighted by atomic mass is 79.9. The average molecular weight is 375 g/mol. The molecule has 0 aliphatic heterocycles. The van der Waals surface area contributed by atoms with Gasteiger partial charge in [0.05, 0.1) is 4.90 Å². The highest BCUT2D eigenvalue weighted by Crippen LogP contribution is 2.30. The number of sulfonamides is 1. The SMILES string of the molecule is CNCc1ccc(Br)c(S(=O)(=O)NCC2CCC(C)C2)c1. The van der Waals surface area contributed by atoms with Gasteiger partial charge in [-0.25, -0.2) is 13.1 Å². The third kappa shape index (κ3) is 4.52. The number of hydrogen-bond donors (Lipinski definition) is 2. The van der Waals surface area contributed by atoms with Crippen molar-refractivity contribution >= 4 is 26.0 Å². The van der Waals surface area contributed by atoms with Crippen molar-refractivity contribution in [3.8, 4) is 0 Å². The monoisotopic (exact) mass is 374 g/mol. The van der Waals surface area contributed by atoms with Crippen molar-refractivity contribution in [3.05, 3.63) is 28.2 Å². The lowest BCUT2D eigenvalue weighted by atomic mass is 10.1. The van der Waals surface area contributed by atoms with Gasteiger partial charge in [0.15, 0.2) is 0 Å². The molecule has 2 rings (SSSR count). The molecule has 0 spiro atoms. The zero-order valence-corrected chi connectivity index (χ0v) is 14.9. The maximum Gasteiger partial charge on any atom is 0.241 e. The van der Waals surface area contributed by atoms with Crippen LogP contribution < -0.4 is 10.0 Å². The Morgan fingerprint density at radius 3 is 2.71 bits per heavy atom. The molecule has 2 unspecified atom stereocenters. The van der Waals surface area contributed by atoms with E-state index in [4.69, 9.17) is 0 Å². The second-order valence-corrected chi connectivity index (χ2v) is 8.52. The van der Waals surface area contributed by atoms with Crippen LogP contribution in [0, 0.1) is 11.8 Å². The fraction of sp³-hybridized carbons (Fsp3) is 0.600. The minimum atomic E-state index is -3.46. The van der Waals surface area contributed by atoms with Gasteiger partial charge in [-0.3, -0.25) is 0 Å². The Bertz CT molecular complexity index is 589. The van der Waals surface area contributed by atoms with Gasteiger partial charge in [0, 0.05) is 17.6 Å². The normalized spacial score (nSPS) is 22.6. The lowest BCUT2D eigenvalue weighted by Gasteiger charge is -2.13. The molecule has 0 aromatic heterocycles. The highest BCUT2D eigenvalue weighted by Gasteiger charge is 2.24. The van der Waals surface area contributed by atoms with Gasteiger partial charge in [-0.1, -0.05) is 19.4 Å². The van der Waals surface area contributed by atoms with E-state index >= 15 is 0 Å². The first-order chi connectivity index (χ1) is 9.92. The van der Waals surface area contributed by atoms with Gasteiger partial charge in [0.1, 0.15) is 0 Å². The Hall–Kier alpha value is -0.430. The molecule has 118 valence electrons. The summed E-state index contributed by atoms with van der Waals surface area (Å²) < 4.78 is 28.3. The largest absolute Gasteiger partial charge is 0.316 e. The van der Waals surface area contributed by atoms with Crippen molar-refractivity contribution in [1.82, 2.24) is 10.0 Å². The molecule has 1 saturated carbocycles. The summed E-state index contributed by atoms with van der Waals surface area (Å²) in [5.41, 5.74) is 0.954. The lowest BCUT2D eigenvalue weighted by Crippen LogP contribution is -2.29. The highest BCUT2D eigenvalue weighted by molar-refractivity contribution is 9.10. The smallest absolute Gasteiger partial charge is 0.241 e. The molecule has 2 N–H and O–H groups in total. The van der Waals surface area contributed by atoms with Crippen LogP contribution in [0.1, 0.15) is 31.7 Å². The maximum atomic E-state index is 12.5. The van der Waals surface area contributed by atoms with Crippen molar-refractivity contribution < 1.29 is 8.42 Å². The minimum absolute atomic E-state index is 0.321. The van der Waals surface area contributed by atoms with Gasteiger partial charge in [0.2, 0.25) is 10.0 Å². The average Bonchev–Trinajstić information content (AvgIpc) is 2.85. The van der Waals surface area contributed by atoms with E-state index in [0.717, 1.165) is 18.4 Å². The molecule has 21 heavy (non-hydrogen) atoms. The second kappa shape index (κ2) is 7.22. The zero-order valence-electron chi connectivity index (χ0n) is 12.5. The number of benzene rings is 1. The van der Waals surface area contributed by atoms with Crippen molar-refractivity contribution in [2.24, 2.45) is 11.8 Å². The molecule has 0 bridgehead atoms. The van der Waals surface area contributed by atoms with Gasteiger partial charge >= 0.3 is 0 Å². The van der Waals surface area contributed by atoms with E-state index in [1.165, 1.54) is 6.42 Å². The predicted molar refractivity (Wildman–Crippen MR) is 88.6 cm³/mol. The standard InChI is InChI=1S/C15H23BrN2O2S/c1-11-3-4-12(7-11)10-18-21(19,20)15-8-13(9-17-2)5-6-14(15)16/h5-6,8,11-12,17-18H,3-4,7,9-10H2,1-2H3. The molecule has 0 heterocycles. The van der Waals surface area contributed by atoms with Crippen LogP contribution in [0.3, 0.4) is 0 Å². The first-order valence-electron chi connectivity index (χ1n) is 7.35. The minimum Gasteiger partial charge on any atom is -0.316 e. The molecule has 1 aliphatic carbocycles. The van der Waals surface area contributed by atoms with Gasteiger partial charge in [-0.15, -0.1) is 0 Å². The van der Waals surface area contributed by atoms with Crippen LogP contribution in [-0.2, 0) is 16.6 Å². The molecule has 1 aliphatic rings. The van der Waals surface area contributed by atoms with E-state index < -0.39 is 10.0 Å². The quantitative estimate of drug-likeness (QED) is 0.804. The van der Waals surface area contributed by atoms with Crippen LogP contribution in [0.25, 0.3) is 0 Å². The molecular formula is C15H23BrN2O2S. The van der Waals surface area contributed by atoms with Crippen LogP contribution >= 0.6 is 15.9 Å². The van der Waals surface area contributed by atoms with Gasteiger partial charge < -0.3 is 5.32 Å².